The summed E-state index contributed by atoms with van der Waals surface area (Å²) >= 11 is 6.89. The van der Waals surface area contributed by atoms with Gasteiger partial charge in [-0.05, 0) is 65.8 Å². The topological polar surface area (TPSA) is 53.0 Å². The Balaban J connectivity index is 1.70. The normalized spacial score (nSPS) is 17.2. The molecule has 0 fully saturated rings. The lowest BCUT2D eigenvalue weighted by molar-refractivity contribution is -0.132. The summed E-state index contributed by atoms with van der Waals surface area (Å²) in [6, 6.07) is 17.2. The molecule has 1 atom stereocenters. The summed E-state index contributed by atoms with van der Waals surface area (Å²) in [5, 5.41) is 14.7. The van der Waals surface area contributed by atoms with Crippen molar-refractivity contribution in [2.45, 2.75) is 64.8 Å². The number of likely N-dealkylation sites (N-methyl/N-ethyl adjacent to an activating group) is 1. The van der Waals surface area contributed by atoms with Crippen LogP contribution in [-0.2, 0) is 14.8 Å². The number of hydrogen-bond acceptors (Lipinski definition) is 4. The highest BCUT2D eigenvalue weighted by atomic mass is 35.5. The Hall–Kier alpha value is -2.66. The molecule has 3 aromatic rings. The van der Waals surface area contributed by atoms with Crippen molar-refractivity contribution in [3.05, 3.63) is 76.3 Å². The summed E-state index contributed by atoms with van der Waals surface area (Å²) < 4.78 is 6.26. The molecule has 1 heterocycles. The van der Waals surface area contributed by atoms with Crippen molar-refractivity contribution in [2.24, 2.45) is 0 Å². The van der Waals surface area contributed by atoms with Gasteiger partial charge in [0.25, 0.3) is 5.91 Å². The first-order chi connectivity index (χ1) is 19.3. The fourth-order valence-electron chi connectivity index (χ4n) is 5.07. The van der Waals surface area contributed by atoms with Crippen molar-refractivity contribution >= 4 is 42.3 Å². The molecule has 0 aromatic heterocycles. The molecule has 1 aliphatic rings. The highest BCUT2D eigenvalue weighted by Crippen LogP contribution is 2.48. The van der Waals surface area contributed by atoms with Crippen LogP contribution < -0.4 is 4.90 Å². The lowest BCUT2D eigenvalue weighted by atomic mass is 9.86. The van der Waals surface area contributed by atoms with E-state index in [4.69, 9.17) is 16.0 Å². The van der Waals surface area contributed by atoms with Crippen molar-refractivity contribution in [3.8, 4) is 11.8 Å². The Morgan fingerprint density at radius 3 is 2.39 bits per heavy atom. The number of benzene rings is 3. The molecule has 0 saturated heterocycles. The molecular weight excluding hydrogens is 548 g/mol. The number of amides is 1. The van der Waals surface area contributed by atoms with Crippen LogP contribution >= 0.6 is 11.6 Å². The zero-order valence-corrected chi connectivity index (χ0v) is 27.2. The largest absolute Gasteiger partial charge is 0.416 e. The molecule has 0 spiro atoms. The lowest BCUT2D eigenvalue weighted by Gasteiger charge is -2.35. The monoisotopic (exact) mass is 590 g/mol. The van der Waals surface area contributed by atoms with E-state index in [1.807, 2.05) is 48.5 Å². The lowest BCUT2D eigenvalue weighted by Crippen LogP contribution is -2.44. The van der Waals surface area contributed by atoms with Crippen LogP contribution in [0.4, 0.5) is 5.69 Å². The van der Waals surface area contributed by atoms with E-state index in [-0.39, 0.29) is 10.9 Å². The number of carbonyl (C=O) groups is 1. The van der Waals surface area contributed by atoms with E-state index in [0.717, 1.165) is 23.9 Å². The highest BCUT2D eigenvalue weighted by Gasteiger charge is 2.52. The third-order valence-electron chi connectivity index (χ3n) is 8.71. The second kappa shape index (κ2) is 12.3. The number of nitrogens with zero attached hydrogens (tertiary/aromatic N) is 2. The molecule has 4 rings (SSSR count). The minimum absolute atomic E-state index is 0.150. The van der Waals surface area contributed by atoms with E-state index in [1.54, 1.807) is 11.0 Å². The Morgan fingerprint density at radius 2 is 1.73 bits per heavy atom. The molecule has 0 saturated carbocycles. The zero-order chi connectivity index (χ0) is 30.0. The summed E-state index contributed by atoms with van der Waals surface area (Å²) in [4.78, 5) is 18.0. The third kappa shape index (κ3) is 6.25. The summed E-state index contributed by atoms with van der Waals surface area (Å²) in [6.45, 7) is 18.8. The van der Waals surface area contributed by atoms with E-state index < -0.39 is 13.9 Å². The fraction of sp³-hybridized carbons (Fsp3) is 0.441. The van der Waals surface area contributed by atoms with Crippen LogP contribution in [0.5, 0.6) is 0 Å². The quantitative estimate of drug-likeness (QED) is 0.163. The van der Waals surface area contributed by atoms with Crippen molar-refractivity contribution in [3.63, 3.8) is 0 Å². The van der Waals surface area contributed by atoms with Crippen molar-refractivity contribution in [2.75, 3.05) is 37.7 Å². The van der Waals surface area contributed by atoms with E-state index in [2.05, 4.69) is 64.5 Å². The first-order valence-electron chi connectivity index (χ1n) is 14.6. The Bertz CT molecular complexity index is 1480. The SMILES string of the molecule is CCN(CC)CCN1C(=O)C(O)(c2ccc3ccccc3c2)c2c(Cl)cc(C#CCCO[Si](C)(C)C(C)(C)C)cc21. The minimum atomic E-state index is -1.89. The number of hydrogen-bond donors (Lipinski definition) is 1. The number of carbonyl (C=O) groups excluding carboxylic acids is 1. The van der Waals surface area contributed by atoms with Crippen molar-refractivity contribution in [1.82, 2.24) is 4.90 Å². The summed E-state index contributed by atoms with van der Waals surface area (Å²) in [5.41, 5.74) is 0.376. The molecule has 1 unspecified atom stereocenters. The van der Waals surface area contributed by atoms with Gasteiger partial charge in [0, 0.05) is 37.2 Å². The first kappa shape index (κ1) is 31.3. The number of fused-ring (bicyclic) bond motifs is 2. The first-order valence-corrected chi connectivity index (χ1v) is 17.8. The molecule has 218 valence electrons. The van der Waals surface area contributed by atoms with Gasteiger partial charge in [0.2, 0.25) is 0 Å². The number of rotatable bonds is 9. The predicted octanol–water partition coefficient (Wildman–Crippen LogP) is 7.18. The van der Waals surface area contributed by atoms with Gasteiger partial charge in [-0.15, -0.1) is 0 Å². The van der Waals surface area contributed by atoms with Gasteiger partial charge in [-0.25, -0.2) is 0 Å². The Morgan fingerprint density at radius 1 is 1.05 bits per heavy atom. The maximum absolute atomic E-state index is 14.1. The van der Waals surface area contributed by atoms with Gasteiger partial charge in [-0.3, -0.25) is 4.79 Å². The molecule has 0 radical (unpaired) electrons. The second-order valence-corrected chi connectivity index (χ2v) is 17.5. The fourth-order valence-corrected chi connectivity index (χ4v) is 6.47. The molecule has 1 N–H and O–H groups in total. The standard InChI is InChI=1S/C34H43ClN2O3Si/c1-8-36(9-2)19-20-37-30-23-25(14-12-13-21-40-41(6,7)33(3,4)5)22-29(35)31(30)34(39,32(37)38)28-18-17-26-15-10-11-16-27(26)24-28/h10-11,15-18,22-24,39H,8-9,13,19-21H2,1-7H3. The Kier molecular flexibility index (Phi) is 9.37. The van der Waals surface area contributed by atoms with E-state index in [1.165, 1.54) is 0 Å². The van der Waals surface area contributed by atoms with Crippen LogP contribution in [0, 0.1) is 11.8 Å². The molecule has 0 bridgehead atoms. The number of aliphatic hydroxyl groups is 1. The van der Waals surface area contributed by atoms with Crippen LogP contribution in [0.25, 0.3) is 10.8 Å². The van der Waals surface area contributed by atoms with Gasteiger partial charge in [0.15, 0.2) is 13.9 Å². The average molecular weight is 591 g/mol. The molecule has 3 aromatic carbocycles. The average Bonchev–Trinajstić information content (AvgIpc) is 3.15. The van der Waals surface area contributed by atoms with Crippen LogP contribution in [0.3, 0.4) is 0 Å². The smallest absolute Gasteiger partial charge is 0.268 e. The second-order valence-electron chi connectivity index (χ2n) is 12.3. The summed E-state index contributed by atoms with van der Waals surface area (Å²) in [6.07, 6.45) is 0.604. The van der Waals surface area contributed by atoms with E-state index >= 15 is 0 Å². The van der Waals surface area contributed by atoms with Gasteiger partial charge in [0.1, 0.15) is 0 Å². The summed E-state index contributed by atoms with van der Waals surface area (Å²) in [7, 11) is -1.83. The predicted molar refractivity (Wildman–Crippen MR) is 173 cm³/mol. The van der Waals surface area contributed by atoms with Gasteiger partial charge < -0.3 is 19.3 Å². The molecule has 5 nitrogen and oxygen atoms in total. The molecule has 1 amide bonds. The number of anilines is 1. The Labute approximate surface area is 251 Å². The maximum Gasteiger partial charge on any atom is 0.268 e. The van der Waals surface area contributed by atoms with Crippen molar-refractivity contribution in [1.29, 1.82) is 0 Å². The third-order valence-corrected chi connectivity index (χ3v) is 13.5. The van der Waals surface area contributed by atoms with Crippen LogP contribution in [-0.4, -0.2) is 57.0 Å². The van der Waals surface area contributed by atoms with Gasteiger partial charge >= 0.3 is 0 Å². The van der Waals surface area contributed by atoms with Gasteiger partial charge in [0.05, 0.1) is 10.7 Å². The minimum Gasteiger partial charge on any atom is -0.416 e. The van der Waals surface area contributed by atoms with E-state index in [0.29, 0.717) is 53.5 Å². The number of halogens is 1. The van der Waals surface area contributed by atoms with Crippen LogP contribution in [0.1, 0.15) is 57.7 Å². The molecule has 0 aliphatic carbocycles. The van der Waals surface area contributed by atoms with Crippen LogP contribution in [0.15, 0.2) is 54.6 Å². The van der Waals surface area contributed by atoms with Crippen LogP contribution in [0.2, 0.25) is 23.2 Å². The summed E-state index contributed by atoms with van der Waals surface area (Å²) in [5.74, 6) is 6.07. The van der Waals surface area contributed by atoms with Crippen molar-refractivity contribution < 1.29 is 14.3 Å². The maximum atomic E-state index is 14.1. The van der Waals surface area contributed by atoms with E-state index in [9.17, 15) is 9.90 Å². The zero-order valence-electron chi connectivity index (χ0n) is 25.5. The molecule has 7 heteroatoms. The molecule has 41 heavy (non-hydrogen) atoms. The molecular formula is C34H43ClN2O3Si. The van der Waals surface area contributed by atoms with Gasteiger partial charge in [-0.1, -0.05) is 94.5 Å². The molecule has 1 aliphatic heterocycles. The van der Waals surface area contributed by atoms with Gasteiger partial charge in [-0.2, -0.15) is 0 Å². The highest BCUT2D eigenvalue weighted by molar-refractivity contribution is 6.74.